The van der Waals surface area contributed by atoms with Gasteiger partial charge in [-0.1, -0.05) is 0 Å². The van der Waals surface area contributed by atoms with Crippen LogP contribution < -0.4 is 0 Å². The predicted molar refractivity (Wildman–Crippen MR) is 60.6 cm³/mol. The van der Waals surface area contributed by atoms with Gasteiger partial charge >= 0.3 is 5.97 Å². The Kier molecular flexibility index (Phi) is 4.52. The number of rotatable bonds is 3. The molecular formula is C12H19NO3. The van der Waals surface area contributed by atoms with Crippen LogP contribution in [0, 0.1) is 0 Å². The largest absolute Gasteiger partial charge is 0.463 e. The van der Waals surface area contributed by atoms with Crippen molar-refractivity contribution in [1.82, 2.24) is 4.90 Å². The molecule has 1 rings (SSSR count). The Hall–Kier alpha value is -1.32. The van der Waals surface area contributed by atoms with Gasteiger partial charge in [-0.3, -0.25) is 4.79 Å². The Morgan fingerprint density at radius 1 is 1.31 bits per heavy atom. The van der Waals surface area contributed by atoms with Gasteiger partial charge in [-0.25, -0.2) is 4.79 Å². The van der Waals surface area contributed by atoms with Crippen molar-refractivity contribution in [2.45, 2.75) is 39.5 Å². The third-order valence-corrected chi connectivity index (χ3v) is 2.84. The number of carbonyl (C=O) groups excluding carboxylic acids is 2. The average Bonchev–Trinajstić information content (AvgIpc) is 2.28. The number of esters is 1. The van der Waals surface area contributed by atoms with E-state index >= 15 is 0 Å². The summed E-state index contributed by atoms with van der Waals surface area (Å²) in [5.41, 5.74) is 1.50. The van der Waals surface area contributed by atoms with Crippen LogP contribution in [0.4, 0.5) is 0 Å². The smallest absolute Gasteiger partial charge is 0.335 e. The van der Waals surface area contributed by atoms with Gasteiger partial charge in [0.05, 0.1) is 12.2 Å². The lowest BCUT2D eigenvalue weighted by atomic mass is 9.95. The van der Waals surface area contributed by atoms with Crippen molar-refractivity contribution in [3.63, 3.8) is 0 Å². The molecule has 0 unspecified atom stereocenters. The fraction of sp³-hybridized carbons (Fsp3) is 0.667. The van der Waals surface area contributed by atoms with Crippen molar-refractivity contribution >= 4 is 11.9 Å². The summed E-state index contributed by atoms with van der Waals surface area (Å²) in [5, 5.41) is 0. The second-order valence-electron chi connectivity index (χ2n) is 3.93. The highest BCUT2D eigenvalue weighted by atomic mass is 16.5. The zero-order valence-electron chi connectivity index (χ0n) is 10.2. The van der Waals surface area contributed by atoms with Crippen LogP contribution in [-0.4, -0.2) is 30.4 Å². The van der Waals surface area contributed by atoms with Crippen molar-refractivity contribution in [1.29, 1.82) is 0 Å². The summed E-state index contributed by atoms with van der Waals surface area (Å²) in [6.07, 6.45) is 3.51. The lowest BCUT2D eigenvalue weighted by molar-refractivity contribution is -0.139. The summed E-state index contributed by atoms with van der Waals surface area (Å²) in [5.74, 6) is -0.316. The molecule has 1 aliphatic carbocycles. The summed E-state index contributed by atoms with van der Waals surface area (Å²) in [6.45, 7) is 3.67. The van der Waals surface area contributed by atoms with Crippen LogP contribution in [0.15, 0.2) is 11.3 Å². The van der Waals surface area contributed by atoms with Crippen LogP contribution in [0.5, 0.6) is 0 Å². The summed E-state index contributed by atoms with van der Waals surface area (Å²) in [7, 11) is 1.71. The van der Waals surface area contributed by atoms with Crippen molar-refractivity contribution in [2.75, 3.05) is 13.7 Å². The summed E-state index contributed by atoms with van der Waals surface area (Å²) < 4.78 is 5.01. The molecule has 0 aliphatic heterocycles. The highest BCUT2D eigenvalue weighted by Gasteiger charge is 2.23. The van der Waals surface area contributed by atoms with Gasteiger partial charge in [0.2, 0.25) is 5.91 Å². The van der Waals surface area contributed by atoms with E-state index < -0.39 is 0 Å². The maximum atomic E-state index is 11.7. The van der Waals surface area contributed by atoms with Crippen molar-refractivity contribution in [2.24, 2.45) is 0 Å². The molecule has 90 valence electrons. The van der Waals surface area contributed by atoms with E-state index in [1.165, 1.54) is 6.92 Å². The van der Waals surface area contributed by atoms with Gasteiger partial charge in [0, 0.05) is 19.7 Å². The van der Waals surface area contributed by atoms with Crippen LogP contribution >= 0.6 is 0 Å². The molecule has 0 fully saturated rings. The van der Waals surface area contributed by atoms with Gasteiger partial charge in [0.15, 0.2) is 0 Å². The highest BCUT2D eigenvalue weighted by molar-refractivity contribution is 5.90. The highest BCUT2D eigenvalue weighted by Crippen LogP contribution is 2.27. The first-order chi connectivity index (χ1) is 7.57. The molecule has 0 saturated heterocycles. The third-order valence-electron chi connectivity index (χ3n) is 2.84. The third kappa shape index (κ3) is 2.84. The second kappa shape index (κ2) is 5.68. The Morgan fingerprint density at radius 2 is 1.94 bits per heavy atom. The van der Waals surface area contributed by atoms with E-state index in [2.05, 4.69) is 0 Å². The van der Waals surface area contributed by atoms with E-state index in [-0.39, 0.29) is 11.9 Å². The molecule has 4 nitrogen and oxygen atoms in total. The Bertz CT molecular complexity index is 320. The zero-order chi connectivity index (χ0) is 12.1. The lowest BCUT2D eigenvalue weighted by Gasteiger charge is -2.26. The van der Waals surface area contributed by atoms with Crippen LogP contribution in [0.1, 0.15) is 39.5 Å². The van der Waals surface area contributed by atoms with Gasteiger partial charge in [-0.05, 0) is 32.6 Å². The van der Waals surface area contributed by atoms with E-state index in [0.717, 1.165) is 25.0 Å². The van der Waals surface area contributed by atoms with Gasteiger partial charge in [0.25, 0.3) is 0 Å². The maximum absolute atomic E-state index is 11.7. The first-order valence-corrected chi connectivity index (χ1v) is 5.71. The van der Waals surface area contributed by atoms with E-state index in [1.807, 2.05) is 0 Å². The Labute approximate surface area is 96.3 Å². The van der Waals surface area contributed by atoms with E-state index in [9.17, 15) is 9.59 Å². The number of hydrogen-bond acceptors (Lipinski definition) is 3. The lowest BCUT2D eigenvalue weighted by Crippen LogP contribution is -2.28. The van der Waals surface area contributed by atoms with Crippen molar-refractivity contribution < 1.29 is 14.3 Å². The number of hydrogen-bond donors (Lipinski definition) is 0. The first-order valence-electron chi connectivity index (χ1n) is 5.71. The topological polar surface area (TPSA) is 46.6 Å². The van der Waals surface area contributed by atoms with Crippen LogP contribution in [0.3, 0.4) is 0 Å². The molecule has 0 atom stereocenters. The Balaban J connectivity index is 2.95. The van der Waals surface area contributed by atoms with Crippen LogP contribution in [0.25, 0.3) is 0 Å². The number of carbonyl (C=O) groups is 2. The van der Waals surface area contributed by atoms with Crippen LogP contribution in [-0.2, 0) is 14.3 Å². The molecule has 4 heteroatoms. The number of allylic oxidation sites excluding steroid dienone is 1. The molecule has 0 spiro atoms. The molecule has 0 aromatic carbocycles. The fourth-order valence-corrected chi connectivity index (χ4v) is 1.89. The van der Waals surface area contributed by atoms with Crippen molar-refractivity contribution in [3.05, 3.63) is 11.3 Å². The van der Waals surface area contributed by atoms with Crippen LogP contribution in [0.2, 0.25) is 0 Å². The molecule has 0 aromatic rings. The molecule has 0 aromatic heterocycles. The van der Waals surface area contributed by atoms with Gasteiger partial charge in [0.1, 0.15) is 0 Å². The SMILES string of the molecule is CCOC(=O)C1=C(N(C)C(C)=O)CCCC1. The number of amides is 1. The molecule has 0 heterocycles. The fourth-order valence-electron chi connectivity index (χ4n) is 1.89. The Morgan fingerprint density at radius 3 is 2.50 bits per heavy atom. The van der Waals surface area contributed by atoms with E-state index in [0.29, 0.717) is 18.6 Å². The predicted octanol–water partition coefficient (Wildman–Crippen LogP) is 1.86. The maximum Gasteiger partial charge on any atom is 0.335 e. The molecule has 16 heavy (non-hydrogen) atoms. The molecule has 0 bridgehead atoms. The van der Waals surface area contributed by atoms with Gasteiger partial charge in [-0.2, -0.15) is 0 Å². The van der Waals surface area contributed by atoms with Crippen molar-refractivity contribution in [3.8, 4) is 0 Å². The number of nitrogens with zero attached hydrogens (tertiary/aromatic N) is 1. The molecule has 1 aliphatic rings. The van der Waals surface area contributed by atoms with Gasteiger partial charge < -0.3 is 9.64 Å². The van der Waals surface area contributed by atoms with E-state index in [1.54, 1.807) is 18.9 Å². The minimum absolute atomic E-state index is 0.0429. The second-order valence-corrected chi connectivity index (χ2v) is 3.93. The average molecular weight is 225 g/mol. The molecule has 0 radical (unpaired) electrons. The normalized spacial score (nSPS) is 15.9. The molecule has 0 N–H and O–H groups in total. The summed E-state index contributed by atoms with van der Waals surface area (Å²) >= 11 is 0. The summed E-state index contributed by atoms with van der Waals surface area (Å²) in [6, 6.07) is 0. The summed E-state index contributed by atoms with van der Waals surface area (Å²) in [4.78, 5) is 24.6. The number of ether oxygens (including phenoxy) is 1. The first kappa shape index (κ1) is 12.7. The minimum Gasteiger partial charge on any atom is -0.463 e. The molecule has 0 saturated carbocycles. The van der Waals surface area contributed by atoms with Gasteiger partial charge in [-0.15, -0.1) is 0 Å². The standard InChI is InChI=1S/C12H19NO3/c1-4-16-12(15)10-7-5-6-8-11(10)13(3)9(2)14/h4-8H2,1-3H3. The quantitative estimate of drug-likeness (QED) is 0.689. The molecule has 1 amide bonds. The molecular weight excluding hydrogens is 206 g/mol. The monoisotopic (exact) mass is 225 g/mol. The zero-order valence-corrected chi connectivity index (χ0v) is 10.2. The minimum atomic E-state index is -0.273. The van der Waals surface area contributed by atoms with E-state index in [4.69, 9.17) is 4.74 Å².